The van der Waals surface area contributed by atoms with Gasteiger partial charge in [0.05, 0.1) is 5.56 Å². The Morgan fingerprint density at radius 1 is 1.53 bits per heavy atom. The van der Waals surface area contributed by atoms with Crippen LogP contribution in [0, 0.1) is 5.82 Å². The first-order chi connectivity index (χ1) is 8.06. The van der Waals surface area contributed by atoms with Crippen molar-refractivity contribution in [2.24, 2.45) is 7.05 Å². The summed E-state index contributed by atoms with van der Waals surface area (Å²) in [5.41, 5.74) is -0.149. The van der Waals surface area contributed by atoms with E-state index < -0.39 is 11.8 Å². The van der Waals surface area contributed by atoms with Crippen molar-refractivity contribution in [2.45, 2.75) is 0 Å². The Balaban J connectivity index is 2.25. The third-order valence-corrected chi connectivity index (χ3v) is 1.96. The zero-order valence-electron chi connectivity index (χ0n) is 8.79. The highest BCUT2D eigenvalue weighted by Gasteiger charge is 2.11. The van der Waals surface area contributed by atoms with Crippen LogP contribution in [0.2, 0.25) is 0 Å². The highest BCUT2D eigenvalue weighted by molar-refractivity contribution is 5.87. The minimum absolute atomic E-state index is 0.00512. The first-order valence-electron chi connectivity index (χ1n) is 4.62. The van der Waals surface area contributed by atoms with Gasteiger partial charge in [-0.1, -0.05) is 0 Å². The van der Waals surface area contributed by atoms with E-state index in [1.807, 2.05) is 0 Å². The van der Waals surface area contributed by atoms with E-state index in [2.05, 4.69) is 10.1 Å². The Hall–Kier alpha value is -2.44. The smallest absolute Gasteiger partial charge is 0.341 e. The van der Waals surface area contributed by atoms with E-state index in [1.165, 1.54) is 23.1 Å². The second-order valence-corrected chi connectivity index (χ2v) is 3.25. The highest BCUT2D eigenvalue weighted by Crippen LogP contribution is 2.22. The zero-order valence-corrected chi connectivity index (χ0v) is 8.79. The molecule has 0 spiro atoms. The monoisotopic (exact) mass is 237 g/mol. The second kappa shape index (κ2) is 4.20. The Labute approximate surface area is 95.3 Å². The number of halogens is 1. The predicted octanol–water partition coefficient (Wildman–Crippen LogP) is 1.44. The number of aromatic carboxylic acids is 1. The molecule has 1 aromatic heterocycles. The number of benzene rings is 1. The number of nitrogens with zero attached hydrogens (tertiary/aromatic N) is 3. The van der Waals surface area contributed by atoms with Crippen molar-refractivity contribution in [3.63, 3.8) is 0 Å². The summed E-state index contributed by atoms with van der Waals surface area (Å²) in [6.45, 7) is 0. The van der Waals surface area contributed by atoms with E-state index in [9.17, 15) is 9.18 Å². The summed E-state index contributed by atoms with van der Waals surface area (Å²) in [5, 5.41) is 12.5. The Morgan fingerprint density at radius 2 is 2.29 bits per heavy atom. The molecule has 6 nitrogen and oxygen atoms in total. The average molecular weight is 237 g/mol. The van der Waals surface area contributed by atoms with Crippen LogP contribution in [-0.4, -0.2) is 25.8 Å². The fourth-order valence-corrected chi connectivity index (χ4v) is 1.18. The minimum atomic E-state index is -1.20. The first kappa shape index (κ1) is 11.1. The molecule has 1 N–H and O–H groups in total. The molecule has 0 aliphatic rings. The van der Waals surface area contributed by atoms with Gasteiger partial charge in [-0.15, -0.1) is 5.10 Å². The summed E-state index contributed by atoms with van der Waals surface area (Å²) in [5.74, 6) is -2.11. The number of rotatable bonds is 3. The van der Waals surface area contributed by atoms with Crippen LogP contribution in [0.4, 0.5) is 4.39 Å². The largest absolute Gasteiger partial charge is 0.478 e. The van der Waals surface area contributed by atoms with Crippen LogP contribution in [0.3, 0.4) is 0 Å². The maximum absolute atomic E-state index is 13.5. The van der Waals surface area contributed by atoms with Gasteiger partial charge in [-0.05, 0) is 18.2 Å². The van der Waals surface area contributed by atoms with Crippen molar-refractivity contribution in [3.8, 4) is 11.8 Å². The first-order valence-corrected chi connectivity index (χ1v) is 4.62. The number of carboxylic acid groups (broad SMARTS) is 1. The lowest BCUT2D eigenvalue weighted by molar-refractivity contribution is 0.0696. The van der Waals surface area contributed by atoms with Crippen molar-refractivity contribution in [3.05, 3.63) is 35.9 Å². The Bertz CT molecular complexity index is 568. The molecule has 0 atom stereocenters. The third kappa shape index (κ3) is 2.39. The summed E-state index contributed by atoms with van der Waals surface area (Å²) >= 11 is 0. The summed E-state index contributed by atoms with van der Waals surface area (Å²) in [6.07, 6.45) is 1.40. The van der Waals surface area contributed by atoms with Crippen LogP contribution in [0.25, 0.3) is 0 Å². The van der Waals surface area contributed by atoms with Gasteiger partial charge in [0, 0.05) is 7.05 Å². The molecule has 0 saturated carbocycles. The fourth-order valence-electron chi connectivity index (χ4n) is 1.18. The molecule has 88 valence electrons. The topological polar surface area (TPSA) is 77.2 Å². The van der Waals surface area contributed by atoms with Crippen LogP contribution >= 0.6 is 0 Å². The summed E-state index contributed by atoms with van der Waals surface area (Å²) in [7, 11) is 1.64. The van der Waals surface area contributed by atoms with E-state index in [1.54, 1.807) is 7.05 Å². The minimum Gasteiger partial charge on any atom is -0.478 e. The lowest BCUT2D eigenvalue weighted by atomic mass is 10.2. The van der Waals surface area contributed by atoms with Crippen molar-refractivity contribution >= 4 is 5.97 Å². The molecule has 0 unspecified atom stereocenters. The van der Waals surface area contributed by atoms with E-state index >= 15 is 0 Å². The van der Waals surface area contributed by atoms with Gasteiger partial charge in [-0.2, -0.15) is 4.98 Å². The molecule has 0 amide bonds. The van der Waals surface area contributed by atoms with E-state index in [4.69, 9.17) is 9.84 Å². The zero-order chi connectivity index (χ0) is 12.4. The van der Waals surface area contributed by atoms with Crippen LogP contribution in [0.5, 0.6) is 11.8 Å². The molecule has 0 aliphatic carbocycles. The maximum Gasteiger partial charge on any atom is 0.341 e. The maximum atomic E-state index is 13.5. The van der Waals surface area contributed by atoms with E-state index in [0.29, 0.717) is 0 Å². The van der Waals surface area contributed by atoms with Crippen LogP contribution in [-0.2, 0) is 7.05 Å². The van der Waals surface area contributed by atoms with Gasteiger partial charge in [0.15, 0.2) is 11.6 Å². The molecule has 1 aromatic carbocycles. The molecule has 0 radical (unpaired) electrons. The van der Waals surface area contributed by atoms with Gasteiger partial charge in [-0.25, -0.2) is 9.18 Å². The number of ether oxygens (including phenoxy) is 1. The lowest BCUT2D eigenvalue weighted by Gasteiger charge is -2.03. The number of hydrogen-bond acceptors (Lipinski definition) is 4. The molecule has 0 saturated heterocycles. The fraction of sp³-hybridized carbons (Fsp3) is 0.100. The van der Waals surface area contributed by atoms with Crippen molar-refractivity contribution < 1.29 is 19.0 Å². The molecule has 0 fully saturated rings. The van der Waals surface area contributed by atoms with Crippen molar-refractivity contribution in [1.82, 2.24) is 14.8 Å². The van der Waals surface area contributed by atoms with Gasteiger partial charge in [0.1, 0.15) is 6.33 Å². The number of carbonyl (C=O) groups is 1. The van der Waals surface area contributed by atoms with Crippen molar-refractivity contribution in [1.29, 1.82) is 0 Å². The third-order valence-electron chi connectivity index (χ3n) is 1.96. The molecular weight excluding hydrogens is 229 g/mol. The SMILES string of the molecule is Cn1cnc(Oc2ccc(C(=O)O)cc2F)n1. The number of hydrogen-bond donors (Lipinski definition) is 1. The molecule has 0 bridgehead atoms. The molecule has 2 aromatic rings. The van der Waals surface area contributed by atoms with Crippen LogP contribution in [0.15, 0.2) is 24.5 Å². The molecule has 7 heteroatoms. The Morgan fingerprint density at radius 3 is 2.82 bits per heavy atom. The molecular formula is C10H8FN3O3. The van der Waals surface area contributed by atoms with Crippen LogP contribution in [0.1, 0.15) is 10.4 Å². The number of aromatic nitrogens is 3. The van der Waals surface area contributed by atoms with E-state index in [0.717, 1.165) is 6.07 Å². The molecule has 1 heterocycles. The quantitative estimate of drug-likeness (QED) is 0.874. The molecule has 2 rings (SSSR count). The number of carboxylic acids is 1. The second-order valence-electron chi connectivity index (χ2n) is 3.25. The van der Waals surface area contributed by atoms with Gasteiger partial charge in [0.2, 0.25) is 0 Å². The van der Waals surface area contributed by atoms with Gasteiger partial charge >= 0.3 is 12.0 Å². The summed E-state index contributed by atoms with van der Waals surface area (Å²) in [4.78, 5) is 14.3. The number of aryl methyl sites for hydroxylation is 1. The highest BCUT2D eigenvalue weighted by atomic mass is 19.1. The lowest BCUT2D eigenvalue weighted by Crippen LogP contribution is -1.98. The summed E-state index contributed by atoms with van der Waals surface area (Å²) in [6, 6.07) is 3.33. The average Bonchev–Trinajstić information content (AvgIpc) is 2.67. The summed E-state index contributed by atoms with van der Waals surface area (Å²) < 4.78 is 19.9. The van der Waals surface area contributed by atoms with Crippen molar-refractivity contribution in [2.75, 3.05) is 0 Å². The van der Waals surface area contributed by atoms with Gasteiger partial charge in [0.25, 0.3) is 0 Å². The Kier molecular flexibility index (Phi) is 2.73. The van der Waals surface area contributed by atoms with Gasteiger partial charge < -0.3 is 9.84 Å². The normalized spacial score (nSPS) is 10.2. The standard InChI is InChI=1S/C10H8FN3O3/c1-14-5-12-10(13-14)17-8-3-2-6(9(15)16)4-7(8)11/h2-5H,1H3,(H,15,16). The molecule has 17 heavy (non-hydrogen) atoms. The molecule has 0 aliphatic heterocycles. The predicted molar refractivity (Wildman–Crippen MR) is 54.4 cm³/mol. The van der Waals surface area contributed by atoms with E-state index in [-0.39, 0.29) is 17.3 Å². The van der Waals surface area contributed by atoms with Crippen LogP contribution < -0.4 is 4.74 Å². The van der Waals surface area contributed by atoms with Gasteiger partial charge in [-0.3, -0.25) is 4.68 Å².